The molecule has 6 heteroatoms. The fraction of sp³-hybridized carbons (Fsp3) is 0.500. The summed E-state index contributed by atoms with van der Waals surface area (Å²) in [6, 6.07) is 7.48. The number of benzene rings is 1. The first-order valence-corrected chi connectivity index (χ1v) is 7.43. The number of nitrogens with two attached hydrogens (primary N) is 1. The van der Waals surface area contributed by atoms with Gasteiger partial charge in [-0.25, -0.2) is 0 Å². The number of nitrogens with zero attached hydrogens (tertiary/aromatic N) is 2. The number of piperazine rings is 1. The summed E-state index contributed by atoms with van der Waals surface area (Å²) in [5.41, 5.74) is 6.67. The molecule has 0 saturated carbocycles. The molecule has 1 aliphatic rings. The lowest BCUT2D eigenvalue weighted by Crippen LogP contribution is -2.59. The molecular formula is C16H23N3O3. The molecule has 0 aliphatic carbocycles. The first-order chi connectivity index (χ1) is 10.5. The first-order valence-electron chi connectivity index (χ1n) is 7.43. The zero-order valence-corrected chi connectivity index (χ0v) is 13.1. The van der Waals surface area contributed by atoms with Crippen molar-refractivity contribution in [3.05, 3.63) is 29.8 Å². The van der Waals surface area contributed by atoms with E-state index in [4.69, 9.17) is 10.5 Å². The average molecular weight is 305 g/mol. The van der Waals surface area contributed by atoms with Crippen molar-refractivity contribution in [3.8, 4) is 5.75 Å². The van der Waals surface area contributed by atoms with Crippen LogP contribution in [0.1, 0.15) is 12.5 Å². The summed E-state index contributed by atoms with van der Waals surface area (Å²) in [6.07, 6.45) is 0.827. The molecule has 6 nitrogen and oxygen atoms in total. The third-order valence-electron chi connectivity index (χ3n) is 4.11. The van der Waals surface area contributed by atoms with Crippen molar-refractivity contribution in [2.75, 3.05) is 33.3 Å². The van der Waals surface area contributed by atoms with Crippen molar-refractivity contribution in [2.24, 2.45) is 5.73 Å². The number of hydrogen-bond acceptors (Lipinski definition) is 4. The van der Waals surface area contributed by atoms with Gasteiger partial charge in [0, 0.05) is 33.1 Å². The Labute approximate surface area is 130 Å². The van der Waals surface area contributed by atoms with Gasteiger partial charge in [-0.05, 0) is 24.1 Å². The second kappa shape index (κ2) is 7.26. The van der Waals surface area contributed by atoms with E-state index in [1.807, 2.05) is 24.3 Å². The van der Waals surface area contributed by atoms with E-state index in [-0.39, 0.29) is 11.8 Å². The lowest BCUT2D eigenvalue weighted by Gasteiger charge is -2.39. The second-order valence-corrected chi connectivity index (χ2v) is 5.52. The highest BCUT2D eigenvalue weighted by atomic mass is 16.5. The number of primary amides is 1. The highest BCUT2D eigenvalue weighted by Crippen LogP contribution is 2.14. The van der Waals surface area contributed by atoms with E-state index in [1.165, 1.54) is 12.5 Å². The SMILES string of the molecule is COc1ccc(CCN2CCN(C(C)=O)C[C@H]2C(N)=O)cc1. The van der Waals surface area contributed by atoms with Crippen LogP contribution in [0.5, 0.6) is 5.75 Å². The van der Waals surface area contributed by atoms with Crippen LogP contribution in [-0.2, 0) is 16.0 Å². The summed E-state index contributed by atoms with van der Waals surface area (Å²) in [5, 5.41) is 0. The zero-order chi connectivity index (χ0) is 16.1. The van der Waals surface area contributed by atoms with Gasteiger partial charge in [0.05, 0.1) is 7.11 Å². The number of ether oxygens (including phenoxy) is 1. The number of methoxy groups -OCH3 is 1. The monoisotopic (exact) mass is 305 g/mol. The van der Waals surface area contributed by atoms with Gasteiger partial charge >= 0.3 is 0 Å². The maximum atomic E-state index is 11.7. The fourth-order valence-electron chi connectivity index (χ4n) is 2.71. The Morgan fingerprint density at radius 1 is 1.27 bits per heavy atom. The Morgan fingerprint density at radius 3 is 2.50 bits per heavy atom. The van der Waals surface area contributed by atoms with Crippen LogP contribution in [0.3, 0.4) is 0 Å². The molecule has 0 unspecified atom stereocenters. The van der Waals surface area contributed by atoms with E-state index in [1.54, 1.807) is 12.0 Å². The topological polar surface area (TPSA) is 75.9 Å². The molecule has 120 valence electrons. The molecule has 1 saturated heterocycles. The van der Waals surface area contributed by atoms with Crippen molar-refractivity contribution in [2.45, 2.75) is 19.4 Å². The molecule has 2 amide bonds. The van der Waals surface area contributed by atoms with Crippen LogP contribution >= 0.6 is 0 Å². The summed E-state index contributed by atoms with van der Waals surface area (Å²) in [7, 11) is 1.64. The van der Waals surface area contributed by atoms with E-state index in [0.29, 0.717) is 19.6 Å². The van der Waals surface area contributed by atoms with Crippen LogP contribution in [0.25, 0.3) is 0 Å². The molecular weight excluding hydrogens is 282 g/mol. The Bertz CT molecular complexity index is 530. The van der Waals surface area contributed by atoms with Crippen molar-refractivity contribution in [1.82, 2.24) is 9.80 Å². The molecule has 1 fully saturated rings. The van der Waals surface area contributed by atoms with Gasteiger partial charge in [-0.2, -0.15) is 0 Å². The average Bonchev–Trinajstić information content (AvgIpc) is 2.53. The Morgan fingerprint density at radius 2 is 1.95 bits per heavy atom. The van der Waals surface area contributed by atoms with Gasteiger partial charge in [0.1, 0.15) is 11.8 Å². The third kappa shape index (κ3) is 3.98. The number of hydrogen-bond donors (Lipinski definition) is 1. The van der Waals surface area contributed by atoms with Gasteiger partial charge in [0.2, 0.25) is 11.8 Å². The maximum absolute atomic E-state index is 11.7. The van der Waals surface area contributed by atoms with Gasteiger partial charge in [-0.1, -0.05) is 12.1 Å². The van der Waals surface area contributed by atoms with Crippen molar-refractivity contribution >= 4 is 11.8 Å². The van der Waals surface area contributed by atoms with Crippen LogP contribution < -0.4 is 10.5 Å². The van der Waals surface area contributed by atoms with Crippen LogP contribution in [0, 0.1) is 0 Å². The van der Waals surface area contributed by atoms with Gasteiger partial charge in [-0.15, -0.1) is 0 Å². The number of rotatable bonds is 5. The lowest BCUT2D eigenvalue weighted by molar-refractivity contribution is -0.135. The Kier molecular flexibility index (Phi) is 5.38. The maximum Gasteiger partial charge on any atom is 0.236 e. The number of carbonyl (C=O) groups excluding carboxylic acids is 2. The minimum atomic E-state index is -0.407. The third-order valence-corrected chi connectivity index (χ3v) is 4.11. The largest absolute Gasteiger partial charge is 0.497 e. The molecule has 1 aromatic carbocycles. The molecule has 0 bridgehead atoms. The molecule has 1 aromatic rings. The molecule has 0 aromatic heterocycles. The normalized spacial score (nSPS) is 19.0. The molecule has 0 spiro atoms. The van der Waals surface area contributed by atoms with E-state index < -0.39 is 6.04 Å². The first kappa shape index (κ1) is 16.3. The van der Waals surface area contributed by atoms with E-state index in [9.17, 15) is 9.59 Å². The minimum Gasteiger partial charge on any atom is -0.497 e. The quantitative estimate of drug-likeness (QED) is 0.846. The predicted octanol–water partition coefficient (Wildman–Crippen LogP) is 0.256. The molecule has 22 heavy (non-hydrogen) atoms. The van der Waals surface area contributed by atoms with Crippen LogP contribution in [0.2, 0.25) is 0 Å². The smallest absolute Gasteiger partial charge is 0.236 e. The Balaban J connectivity index is 1.95. The Hall–Kier alpha value is -2.08. The number of carbonyl (C=O) groups is 2. The molecule has 1 heterocycles. The minimum absolute atomic E-state index is 0.0129. The number of amides is 2. The molecule has 1 aliphatic heterocycles. The molecule has 0 radical (unpaired) electrons. The predicted molar refractivity (Wildman–Crippen MR) is 83.5 cm³/mol. The van der Waals surface area contributed by atoms with Crippen molar-refractivity contribution in [3.63, 3.8) is 0 Å². The summed E-state index contributed by atoms with van der Waals surface area (Å²) in [4.78, 5) is 26.9. The van der Waals surface area contributed by atoms with Gasteiger partial charge in [-0.3, -0.25) is 14.5 Å². The standard InChI is InChI=1S/C16H23N3O3/c1-12(20)19-10-9-18(15(11-19)16(17)21)8-7-13-3-5-14(22-2)6-4-13/h3-6,15H,7-11H2,1-2H3,(H2,17,21)/t15-/m0/s1. The highest BCUT2D eigenvalue weighted by molar-refractivity contribution is 5.82. The van der Waals surface area contributed by atoms with E-state index in [0.717, 1.165) is 18.7 Å². The highest BCUT2D eigenvalue weighted by Gasteiger charge is 2.31. The van der Waals surface area contributed by atoms with Gasteiger partial charge in [0.15, 0.2) is 0 Å². The van der Waals surface area contributed by atoms with E-state index in [2.05, 4.69) is 4.90 Å². The fourth-order valence-corrected chi connectivity index (χ4v) is 2.71. The summed E-state index contributed by atoms with van der Waals surface area (Å²) in [5.74, 6) is 0.440. The second-order valence-electron chi connectivity index (χ2n) is 5.52. The molecule has 1 atom stereocenters. The van der Waals surface area contributed by atoms with E-state index >= 15 is 0 Å². The molecule has 2 N–H and O–H groups in total. The molecule has 2 rings (SSSR count). The summed E-state index contributed by atoms with van der Waals surface area (Å²) < 4.78 is 5.14. The summed E-state index contributed by atoms with van der Waals surface area (Å²) in [6.45, 7) is 3.95. The zero-order valence-electron chi connectivity index (χ0n) is 13.1. The van der Waals surface area contributed by atoms with Gasteiger partial charge < -0.3 is 15.4 Å². The summed E-state index contributed by atoms with van der Waals surface area (Å²) >= 11 is 0. The van der Waals surface area contributed by atoms with Crippen LogP contribution in [-0.4, -0.2) is 60.9 Å². The van der Waals surface area contributed by atoms with Gasteiger partial charge in [0.25, 0.3) is 0 Å². The lowest BCUT2D eigenvalue weighted by atomic mass is 10.1. The van der Waals surface area contributed by atoms with Crippen LogP contribution in [0.4, 0.5) is 0 Å². The van der Waals surface area contributed by atoms with Crippen molar-refractivity contribution < 1.29 is 14.3 Å². The van der Waals surface area contributed by atoms with Crippen LogP contribution in [0.15, 0.2) is 24.3 Å². The van der Waals surface area contributed by atoms with Crippen molar-refractivity contribution in [1.29, 1.82) is 0 Å².